The molecular weight excluding hydrogens is 328 g/mol. The van der Waals surface area contributed by atoms with Crippen molar-refractivity contribution in [1.82, 2.24) is 0 Å². The Bertz CT molecular complexity index is 732. The van der Waals surface area contributed by atoms with Gasteiger partial charge in [-0.05, 0) is 42.8 Å². The van der Waals surface area contributed by atoms with Crippen molar-refractivity contribution in [3.05, 3.63) is 47.0 Å². The molecule has 0 radical (unpaired) electrons. The fourth-order valence-corrected chi connectivity index (χ4v) is 2.39. The van der Waals surface area contributed by atoms with E-state index in [1.807, 2.05) is 44.1 Å². The molecule has 1 N–H and O–H groups in total. The molecular formula is C18H21ClN2O3. The summed E-state index contributed by atoms with van der Waals surface area (Å²) in [5.74, 6) is 0.847. The van der Waals surface area contributed by atoms with E-state index >= 15 is 0 Å². The molecule has 2 aromatic rings. The third kappa shape index (κ3) is 4.55. The molecule has 0 fully saturated rings. The Kier molecular flexibility index (Phi) is 5.93. The van der Waals surface area contributed by atoms with Crippen LogP contribution in [-0.4, -0.2) is 33.7 Å². The van der Waals surface area contributed by atoms with Gasteiger partial charge in [-0.3, -0.25) is 4.79 Å². The highest BCUT2D eigenvalue weighted by molar-refractivity contribution is 6.31. The molecule has 2 aromatic carbocycles. The Morgan fingerprint density at radius 2 is 1.92 bits per heavy atom. The number of ether oxygens (including phenoxy) is 2. The minimum atomic E-state index is -0.275. The van der Waals surface area contributed by atoms with Gasteiger partial charge in [-0.25, -0.2) is 0 Å². The second kappa shape index (κ2) is 7.93. The van der Waals surface area contributed by atoms with Gasteiger partial charge in [0.05, 0.1) is 18.5 Å². The van der Waals surface area contributed by atoms with Crippen LogP contribution in [0.3, 0.4) is 0 Å². The number of hydrogen-bond donors (Lipinski definition) is 1. The third-order valence-corrected chi connectivity index (χ3v) is 3.63. The number of hydrogen-bond acceptors (Lipinski definition) is 4. The minimum Gasteiger partial charge on any atom is -0.493 e. The zero-order valence-corrected chi connectivity index (χ0v) is 15.0. The molecule has 1 amide bonds. The maximum Gasteiger partial charge on any atom is 0.262 e. The van der Waals surface area contributed by atoms with Gasteiger partial charge in [0, 0.05) is 19.1 Å². The number of nitrogens with one attached hydrogen (secondary N) is 1. The third-order valence-electron chi connectivity index (χ3n) is 3.39. The molecule has 0 aliphatic heterocycles. The summed E-state index contributed by atoms with van der Waals surface area (Å²) in [6.07, 6.45) is 0. The van der Waals surface area contributed by atoms with Crippen LogP contribution in [0.1, 0.15) is 5.56 Å². The second-order valence-corrected chi connectivity index (χ2v) is 5.98. The molecule has 0 unspecified atom stereocenters. The predicted molar refractivity (Wildman–Crippen MR) is 97.6 cm³/mol. The van der Waals surface area contributed by atoms with Gasteiger partial charge in [-0.2, -0.15) is 0 Å². The summed E-state index contributed by atoms with van der Waals surface area (Å²) in [7, 11) is 5.36. The van der Waals surface area contributed by atoms with E-state index < -0.39 is 0 Å². The van der Waals surface area contributed by atoms with E-state index in [0.717, 1.165) is 11.3 Å². The summed E-state index contributed by atoms with van der Waals surface area (Å²) in [4.78, 5) is 14.1. The maximum absolute atomic E-state index is 12.2. The summed E-state index contributed by atoms with van der Waals surface area (Å²) in [5.41, 5.74) is 2.55. The fraction of sp³-hybridized carbons (Fsp3) is 0.278. The number of halogens is 1. The summed E-state index contributed by atoms with van der Waals surface area (Å²) >= 11 is 6.01. The number of amides is 1. The van der Waals surface area contributed by atoms with Gasteiger partial charge >= 0.3 is 0 Å². The molecule has 6 heteroatoms. The Labute approximate surface area is 147 Å². The molecule has 2 rings (SSSR count). The van der Waals surface area contributed by atoms with Crippen LogP contribution in [0.5, 0.6) is 11.5 Å². The second-order valence-electron chi connectivity index (χ2n) is 5.55. The Balaban J connectivity index is 2.06. The van der Waals surface area contributed by atoms with Crippen molar-refractivity contribution >= 4 is 28.9 Å². The largest absolute Gasteiger partial charge is 0.493 e. The molecule has 0 aliphatic carbocycles. The summed E-state index contributed by atoms with van der Waals surface area (Å²) in [6, 6.07) is 10.9. The smallest absolute Gasteiger partial charge is 0.262 e. The van der Waals surface area contributed by atoms with Gasteiger partial charge in [0.25, 0.3) is 5.91 Å². The molecule has 0 atom stereocenters. The number of nitrogens with zero attached hydrogens (tertiary/aromatic N) is 1. The minimum absolute atomic E-state index is 0.126. The summed E-state index contributed by atoms with van der Waals surface area (Å²) in [5, 5.41) is 3.37. The molecule has 5 nitrogen and oxygen atoms in total. The van der Waals surface area contributed by atoms with Gasteiger partial charge < -0.3 is 19.7 Å². The SMILES string of the molecule is COc1cc(C)ccc1OCC(=O)Nc1cc(Cl)ccc1N(C)C. The van der Waals surface area contributed by atoms with Crippen molar-refractivity contribution in [1.29, 1.82) is 0 Å². The lowest BCUT2D eigenvalue weighted by molar-refractivity contribution is -0.118. The van der Waals surface area contributed by atoms with Crippen molar-refractivity contribution in [2.24, 2.45) is 0 Å². The lowest BCUT2D eigenvalue weighted by Crippen LogP contribution is -2.22. The average molecular weight is 349 g/mol. The van der Waals surface area contributed by atoms with E-state index in [1.165, 1.54) is 0 Å². The number of carbonyl (C=O) groups excluding carboxylic acids is 1. The van der Waals surface area contributed by atoms with Gasteiger partial charge in [0.2, 0.25) is 0 Å². The first-order valence-electron chi connectivity index (χ1n) is 7.45. The van der Waals surface area contributed by atoms with E-state index in [-0.39, 0.29) is 12.5 Å². The van der Waals surface area contributed by atoms with Crippen LogP contribution >= 0.6 is 11.6 Å². The fourth-order valence-electron chi connectivity index (χ4n) is 2.22. The Morgan fingerprint density at radius 3 is 2.58 bits per heavy atom. The van der Waals surface area contributed by atoms with Crippen LogP contribution in [0.15, 0.2) is 36.4 Å². The number of rotatable bonds is 6. The van der Waals surface area contributed by atoms with Crippen LogP contribution in [0, 0.1) is 6.92 Å². The highest BCUT2D eigenvalue weighted by Crippen LogP contribution is 2.29. The van der Waals surface area contributed by atoms with Crippen LogP contribution in [0.4, 0.5) is 11.4 Å². The molecule has 0 saturated heterocycles. The van der Waals surface area contributed by atoms with E-state index in [9.17, 15) is 4.79 Å². The van der Waals surface area contributed by atoms with E-state index in [0.29, 0.717) is 22.2 Å². The van der Waals surface area contributed by atoms with Crippen LogP contribution in [0.2, 0.25) is 5.02 Å². The highest BCUT2D eigenvalue weighted by Gasteiger charge is 2.11. The number of carbonyl (C=O) groups is 1. The highest BCUT2D eigenvalue weighted by atomic mass is 35.5. The van der Waals surface area contributed by atoms with Gasteiger partial charge in [-0.1, -0.05) is 17.7 Å². The first-order valence-corrected chi connectivity index (χ1v) is 7.82. The quantitative estimate of drug-likeness (QED) is 0.864. The number of benzene rings is 2. The molecule has 0 heterocycles. The molecule has 0 aliphatic rings. The normalized spacial score (nSPS) is 10.2. The molecule has 24 heavy (non-hydrogen) atoms. The summed E-state index contributed by atoms with van der Waals surface area (Å²) in [6.45, 7) is 1.83. The first kappa shape index (κ1) is 17.9. The topological polar surface area (TPSA) is 50.8 Å². The van der Waals surface area contributed by atoms with Crippen molar-refractivity contribution in [3.8, 4) is 11.5 Å². The zero-order valence-electron chi connectivity index (χ0n) is 14.2. The summed E-state index contributed by atoms with van der Waals surface area (Å²) < 4.78 is 10.8. The first-order chi connectivity index (χ1) is 11.4. The van der Waals surface area contributed by atoms with Crippen LogP contribution in [0.25, 0.3) is 0 Å². The van der Waals surface area contributed by atoms with E-state index in [4.69, 9.17) is 21.1 Å². The van der Waals surface area contributed by atoms with Crippen molar-refractivity contribution in [3.63, 3.8) is 0 Å². The number of aryl methyl sites for hydroxylation is 1. The number of anilines is 2. The predicted octanol–water partition coefficient (Wildman–Crippen LogP) is 3.74. The Hall–Kier alpha value is -2.40. The molecule has 0 bridgehead atoms. The van der Waals surface area contributed by atoms with Crippen molar-refractivity contribution < 1.29 is 14.3 Å². The monoisotopic (exact) mass is 348 g/mol. The average Bonchev–Trinajstić information content (AvgIpc) is 2.53. The molecule has 0 saturated carbocycles. The maximum atomic E-state index is 12.2. The Morgan fingerprint density at radius 1 is 1.17 bits per heavy atom. The number of methoxy groups -OCH3 is 1. The van der Waals surface area contributed by atoms with Crippen molar-refractivity contribution in [2.45, 2.75) is 6.92 Å². The molecule has 0 aromatic heterocycles. The lowest BCUT2D eigenvalue weighted by Gasteiger charge is -2.18. The van der Waals surface area contributed by atoms with Gasteiger partial charge in [-0.15, -0.1) is 0 Å². The zero-order chi connectivity index (χ0) is 17.7. The van der Waals surface area contributed by atoms with Crippen LogP contribution < -0.4 is 19.7 Å². The molecule has 128 valence electrons. The van der Waals surface area contributed by atoms with Gasteiger partial charge in [0.15, 0.2) is 18.1 Å². The van der Waals surface area contributed by atoms with Crippen molar-refractivity contribution in [2.75, 3.05) is 38.0 Å². The van der Waals surface area contributed by atoms with Crippen LogP contribution in [-0.2, 0) is 4.79 Å². The standard InChI is InChI=1S/C18H21ClN2O3/c1-12-5-8-16(17(9-12)23-4)24-11-18(22)20-14-10-13(19)6-7-15(14)21(2)3/h5-10H,11H2,1-4H3,(H,20,22). The lowest BCUT2D eigenvalue weighted by atomic mass is 10.2. The van der Waals surface area contributed by atoms with E-state index in [1.54, 1.807) is 25.3 Å². The van der Waals surface area contributed by atoms with Gasteiger partial charge in [0.1, 0.15) is 0 Å². The van der Waals surface area contributed by atoms with E-state index in [2.05, 4.69) is 5.32 Å². The molecule has 0 spiro atoms.